The standard InChI is InChI=1S/C7H13FN2O/c8-3-1-2-4-10-5-6(9)7(10)11/h6H,1-5,9H2. The van der Waals surface area contributed by atoms with Gasteiger partial charge in [0.15, 0.2) is 0 Å². The molecule has 1 fully saturated rings. The molecule has 0 bridgehead atoms. The monoisotopic (exact) mass is 160 g/mol. The van der Waals surface area contributed by atoms with Gasteiger partial charge in [-0.25, -0.2) is 0 Å². The van der Waals surface area contributed by atoms with E-state index in [0.29, 0.717) is 19.5 Å². The Balaban J connectivity index is 2.06. The van der Waals surface area contributed by atoms with E-state index in [9.17, 15) is 9.18 Å². The van der Waals surface area contributed by atoms with E-state index in [2.05, 4.69) is 0 Å². The van der Waals surface area contributed by atoms with E-state index in [1.54, 1.807) is 4.90 Å². The average molecular weight is 160 g/mol. The smallest absolute Gasteiger partial charge is 0.241 e. The second-order valence-electron chi connectivity index (χ2n) is 2.79. The quantitative estimate of drug-likeness (QED) is 0.461. The maximum atomic E-state index is 11.6. The molecule has 1 amide bonds. The lowest BCUT2D eigenvalue weighted by Gasteiger charge is -2.36. The van der Waals surface area contributed by atoms with Gasteiger partial charge in [-0.2, -0.15) is 0 Å². The highest BCUT2D eigenvalue weighted by atomic mass is 19.1. The first-order valence-electron chi connectivity index (χ1n) is 3.86. The molecule has 0 aromatic heterocycles. The van der Waals surface area contributed by atoms with Crippen LogP contribution in [0.4, 0.5) is 4.39 Å². The largest absolute Gasteiger partial charge is 0.339 e. The van der Waals surface area contributed by atoms with Gasteiger partial charge in [-0.05, 0) is 12.8 Å². The van der Waals surface area contributed by atoms with Crippen molar-refractivity contribution in [1.29, 1.82) is 0 Å². The third kappa shape index (κ3) is 1.89. The fourth-order valence-corrected chi connectivity index (χ4v) is 1.13. The summed E-state index contributed by atoms with van der Waals surface area (Å²) in [4.78, 5) is 12.5. The molecule has 1 atom stereocenters. The molecule has 1 heterocycles. The Kier molecular flexibility index (Phi) is 2.82. The molecular weight excluding hydrogens is 147 g/mol. The fourth-order valence-electron chi connectivity index (χ4n) is 1.13. The second kappa shape index (κ2) is 3.67. The Hall–Kier alpha value is -0.640. The highest BCUT2D eigenvalue weighted by molar-refractivity contribution is 5.87. The van der Waals surface area contributed by atoms with Gasteiger partial charge in [-0.3, -0.25) is 9.18 Å². The number of hydrogen-bond donors (Lipinski definition) is 1. The third-order valence-electron chi connectivity index (χ3n) is 1.86. The number of nitrogens with two attached hydrogens (primary N) is 1. The molecular formula is C7H13FN2O. The molecule has 0 saturated carbocycles. The molecule has 1 unspecified atom stereocenters. The molecule has 0 radical (unpaired) electrons. The van der Waals surface area contributed by atoms with Crippen LogP contribution in [0.15, 0.2) is 0 Å². The number of carbonyl (C=O) groups is 1. The Morgan fingerprint density at radius 3 is 2.82 bits per heavy atom. The number of hydrogen-bond acceptors (Lipinski definition) is 2. The lowest BCUT2D eigenvalue weighted by Crippen LogP contribution is -2.60. The maximum Gasteiger partial charge on any atom is 0.241 e. The lowest BCUT2D eigenvalue weighted by atomic mass is 10.1. The van der Waals surface area contributed by atoms with Gasteiger partial charge in [0.25, 0.3) is 0 Å². The van der Waals surface area contributed by atoms with E-state index in [0.717, 1.165) is 6.42 Å². The van der Waals surface area contributed by atoms with Crippen molar-refractivity contribution in [2.75, 3.05) is 19.8 Å². The summed E-state index contributed by atoms with van der Waals surface area (Å²) >= 11 is 0. The summed E-state index contributed by atoms with van der Waals surface area (Å²) in [6, 6.07) is -0.291. The Labute approximate surface area is 65.3 Å². The molecule has 11 heavy (non-hydrogen) atoms. The van der Waals surface area contributed by atoms with Crippen LogP contribution >= 0.6 is 0 Å². The van der Waals surface area contributed by atoms with Crippen molar-refractivity contribution in [2.45, 2.75) is 18.9 Å². The molecule has 3 nitrogen and oxygen atoms in total. The van der Waals surface area contributed by atoms with Crippen molar-refractivity contribution in [2.24, 2.45) is 5.73 Å². The van der Waals surface area contributed by atoms with Gasteiger partial charge < -0.3 is 10.6 Å². The van der Waals surface area contributed by atoms with Gasteiger partial charge in [-0.1, -0.05) is 0 Å². The molecule has 64 valence electrons. The first-order chi connectivity index (χ1) is 5.25. The number of rotatable bonds is 4. The summed E-state index contributed by atoms with van der Waals surface area (Å²) in [6.45, 7) is 1.01. The fraction of sp³-hybridized carbons (Fsp3) is 0.857. The first-order valence-corrected chi connectivity index (χ1v) is 3.86. The number of unbranched alkanes of at least 4 members (excludes halogenated alkanes) is 1. The van der Waals surface area contributed by atoms with Gasteiger partial charge in [-0.15, -0.1) is 0 Å². The zero-order valence-electron chi connectivity index (χ0n) is 6.42. The zero-order valence-corrected chi connectivity index (χ0v) is 6.42. The topological polar surface area (TPSA) is 46.3 Å². The number of nitrogens with zero attached hydrogens (tertiary/aromatic N) is 1. The maximum absolute atomic E-state index is 11.6. The van der Waals surface area contributed by atoms with Crippen LogP contribution in [0.1, 0.15) is 12.8 Å². The van der Waals surface area contributed by atoms with E-state index in [1.807, 2.05) is 0 Å². The summed E-state index contributed by atoms with van der Waals surface area (Å²) < 4.78 is 11.6. The van der Waals surface area contributed by atoms with E-state index in [4.69, 9.17) is 5.73 Å². The summed E-state index contributed by atoms with van der Waals surface area (Å²) in [5, 5.41) is 0. The van der Waals surface area contributed by atoms with Crippen LogP contribution in [0.25, 0.3) is 0 Å². The molecule has 1 aliphatic rings. The van der Waals surface area contributed by atoms with Crippen molar-refractivity contribution in [3.8, 4) is 0 Å². The molecule has 1 rings (SSSR count). The highest BCUT2D eigenvalue weighted by Crippen LogP contribution is 2.08. The Morgan fingerprint density at radius 2 is 2.36 bits per heavy atom. The van der Waals surface area contributed by atoms with Crippen molar-refractivity contribution >= 4 is 5.91 Å². The van der Waals surface area contributed by atoms with E-state index in [-0.39, 0.29) is 18.6 Å². The predicted octanol–water partition coefficient (Wildman–Crippen LogP) is -0.0944. The highest BCUT2D eigenvalue weighted by Gasteiger charge is 2.32. The van der Waals surface area contributed by atoms with Gasteiger partial charge in [0.2, 0.25) is 5.91 Å². The normalized spacial score (nSPS) is 23.6. The number of likely N-dealkylation sites (tertiary alicyclic amines) is 1. The minimum atomic E-state index is -0.298. The van der Waals surface area contributed by atoms with Crippen LogP contribution in [-0.2, 0) is 4.79 Å². The van der Waals surface area contributed by atoms with Gasteiger partial charge >= 0.3 is 0 Å². The van der Waals surface area contributed by atoms with Gasteiger partial charge in [0.1, 0.15) is 6.04 Å². The number of halogens is 1. The van der Waals surface area contributed by atoms with Crippen molar-refractivity contribution < 1.29 is 9.18 Å². The zero-order chi connectivity index (χ0) is 8.27. The average Bonchev–Trinajstić information content (AvgIpc) is 2.03. The molecule has 2 N–H and O–H groups in total. The molecule has 0 aromatic rings. The van der Waals surface area contributed by atoms with E-state index < -0.39 is 0 Å². The van der Waals surface area contributed by atoms with Crippen molar-refractivity contribution in [3.63, 3.8) is 0 Å². The summed E-state index contributed by atoms with van der Waals surface area (Å²) in [5.74, 6) is 0.00357. The Bertz CT molecular complexity index is 151. The number of alkyl halides is 1. The van der Waals surface area contributed by atoms with Gasteiger partial charge in [0, 0.05) is 13.1 Å². The van der Waals surface area contributed by atoms with Crippen molar-refractivity contribution in [1.82, 2.24) is 4.90 Å². The number of β-lactam (4-membered cyclic amide) rings is 1. The SMILES string of the molecule is NC1CN(CCCCF)C1=O. The van der Waals surface area contributed by atoms with Crippen LogP contribution in [0.5, 0.6) is 0 Å². The minimum Gasteiger partial charge on any atom is -0.339 e. The number of carbonyl (C=O) groups excluding carboxylic acids is 1. The predicted molar refractivity (Wildman–Crippen MR) is 39.8 cm³/mol. The van der Waals surface area contributed by atoms with Crippen LogP contribution in [0.2, 0.25) is 0 Å². The second-order valence-corrected chi connectivity index (χ2v) is 2.79. The number of amides is 1. The summed E-state index contributed by atoms with van der Waals surface area (Å²) in [6.07, 6.45) is 1.29. The lowest BCUT2D eigenvalue weighted by molar-refractivity contribution is -0.142. The molecule has 1 saturated heterocycles. The molecule has 4 heteroatoms. The molecule has 0 aliphatic carbocycles. The van der Waals surface area contributed by atoms with Gasteiger partial charge in [0.05, 0.1) is 6.67 Å². The Morgan fingerprint density at radius 1 is 1.64 bits per heavy atom. The summed E-state index contributed by atoms with van der Waals surface area (Å²) in [7, 11) is 0. The molecule has 1 aliphatic heterocycles. The van der Waals surface area contributed by atoms with Crippen LogP contribution < -0.4 is 5.73 Å². The summed E-state index contributed by atoms with van der Waals surface area (Å²) in [5.41, 5.74) is 5.35. The first kappa shape index (κ1) is 8.46. The van der Waals surface area contributed by atoms with Crippen LogP contribution in [0.3, 0.4) is 0 Å². The minimum absolute atomic E-state index is 0.00357. The molecule has 0 aromatic carbocycles. The third-order valence-corrected chi connectivity index (χ3v) is 1.86. The van der Waals surface area contributed by atoms with Crippen LogP contribution in [0, 0.1) is 0 Å². The van der Waals surface area contributed by atoms with E-state index >= 15 is 0 Å². The van der Waals surface area contributed by atoms with E-state index in [1.165, 1.54) is 0 Å². The van der Waals surface area contributed by atoms with Crippen LogP contribution in [-0.4, -0.2) is 36.6 Å². The van der Waals surface area contributed by atoms with Crippen molar-refractivity contribution in [3.05, 3.63) is 0 Å². The molecule has 0 spiro atoms.